The number of pyridine rings is 2. The quantitative estimate of drug-likeness (QED) is 0.571. The van der Waals surface area contributed by atoms with E-state index < -0.39 is 0 Å². The number of ether oxygens (including phenoxy) is 1. The second kappa shape index (κ2) is 8.92. The van der Waals surface area contributed by atoms with Gasteiger partial charge in [-0.3, -0.25) is 0 Å². The Morgan fingerprint density at radius 1 is 1.07 bits per heavy atom. The summed E-state index contributed by atoms with van der Waals surface area (Å²) in [4.78, 5) is 8.82. The van der Waals surface area contributed by atoms with Crippen LogP contribution in [0.25, 0.3) is 0 Å². The maximum Gasteiger partial charge on any atom is 0.212 e. The zero-order valence-electron chi connectivity index (χ0n) is 16.8. The van der Waals surface area contributed by atoms with Crippen LogP contribution in [0.4, 0.5) is 11.5 Å². The number of nitrogens with one attached hydrogen (secondary N) is 3. The van der Waals surface area contributed by atoms with Gasteiger partial charge in [0.15, 0.2) is 0 Å². The molecular formula is C23H27N5O. The Balaban J connectivity index is 1.49. The SMILES string of the molecule is COc1ccc([C@H](C)CN[C@H](c2ccccc2)[C@H]2CNc3cccnc3N2)cn1. The van der Waals surface area contributed by atoms with Gasteiger partial charge in [0.25, 0.3) is 0 Å². The second-order valence-electron chi connectivity index (χ2n) is 7.36. The summed E-state index contributed by atoms with van der Waals surface area (Å²) >= 11 is 0. The topological polar surface area (TPSA) is 71.1 Å². The smallest absolute Gasteiger partial charge is 0.212 e. The fourth-order valence-corrected chi connectivity index (χ4v) is 3.69. The molecule has 0 amide bonds. The van der Waals surface area contributed by atoms with Gasteiger partial charge >= 0.3 is 0 Å². The molecule has 2 aromatic heterocycles. The van der Waals surface area contributed by atoms with Gasteiger partial charge in [-0.05, 0) is 29.2 Å². The lowest BCUT2D eigenvalue weighted by Crippen LogP contribution is -2.45. The van der Waals surface area contributed by atoms with Crippen LogP contribution in [0.15, 0.2) is 67.0 Å². The molecule has 0 bridgehead atoms. The third kappa shape index (κ3) is 4.49. The number of hydrogen-bond acceptors (Lipinski definition) is 6. The number of benzene rings is 1. The Bertz CT molecular complexity index is 916. The third-order valence-electron chi connectivity index (χ3n) is 5.38. The Kier molecular flexibility index (Phi) is 5.91. The van der Waals surface area contributed by atoms with Crippen LogP contribution in [0.5, 0.6) is 5.88 Å². The number of nitrogens with zero attached hydrogens (tertiary/aromatic N) is 2. The van der Waals surface area contributed by atoms with Gasteiger partial charge in [0.05, 0.1) is 24.9 Å². The molecule has 6 nitrogen and oxygen atoms in total. The molecule has 1 aromatic carbocycles. The number of aromatic nitrogens is 2. The fourth-order valence-electron chi connectivity index (χ4n) is 3.69. The molecule has 0 saturated carbocycles. The van der Waals surface area contributed by atoms with Crippen LogP contribution >= 0.6 is 0 Å². The first-order chi connectivity index (χ1) is 14.2. The van der Waals surface area contributed by atoms with E-state index in [0.717, 1.165) is 24.6 Å². The van der Waals surface area contributed by atoms with Crippen LogP contribution in [0.2, 0.25) is 0 Å². The number of fused-ring (bicyclic) bond motifs is 1. The van der Waals surface area contributed by atoms with Crippen LogP contribution in [0, 0.1) is 0 Å². The standard InChI is InChI=1S/C23H27N5O/c1-16(18-10-11-21(29-2)26-14-18)13-27-22(17-7-4-3-5-8-17)20-15-25-19-9-6-12-24-23(19)28-20/h3-12,14,16,20,22,25,27H,13,15H2,1-2H3,(H,24,28)/t16-,20-,22-/m1/s1. The third-order valence-corrected chi connectivity index (χ3v) is 5.38. The first-order valence-corrected chi connectivity index (χ1v) is 9.98. The number of anilines is 2. The Hall–Kier alpha value is -3.12. The zero-order chi connectivity index (χ0) is 20.1. The van der Waals surface area contributed by atoms with E-state index in [9.17, 15) is 0 Å². The zero-order valence-corrected chi connectivity index (χ0v) is 16.8. The van der Waals surface area contributed by atoms with Gasteiger partial charge in [0, 0.05) is 31.5 Å². The van der Waals surface area contributed by atoms with Crippen molar-refractivity contribution in [1.29, 1.82) is 0 Å². The van der Waals surface area contributed by atoms with Gasteiger partial charge in [-0.15, -0.1) is 0 Å². The molecule has 29 heavy (non-hydrogen) atoms. The molecule has 1 aliphatic rings. The molecule has 4 rings (SSSR count). The summed E-state index contributed by atoms with van der Waals surface area (Å²) in [5.74, 6) is 1.86. The van der Waals surface area contributed by atoms with Crippen molar-refractivity contribution in [3.63, 3.8) is 0 Å². The highest BCUT2D eigenvalue weighted by molar-refractivity contribution is 5.67. The van der Waals surface area contributed by atoms with Crippen molar-refractivity contribution in [2.45, 2.75) is 24.9 Å². The number of hydrogen-bond donors (Lipinski definition) is 3. The molecule has 6 heteroatoms. The van der Waals surface area contributed by atoms with Crippen molar-refractivity contribution in [2.75, 3.05) is 30.8 Å². The van der Waals surface area contributed by atoms with E-state index in [-0.39, 0.29) is 12.1 Å². The van der Waals surface area contributed by atoms with Gasteiger partial charge in [0.2, 0.25) is 5.88 Å². The van der Waals surface area contributed by atoms with Gasteiger partial charge < -0.3 is 20.7 Å². The first-order valence-electron chi connectivity index (χ1n) is 9.98. The van der Waals surface area contributed by atoms with E-state index in [1.807, 2.05) is 24.5 Å². The van der Waals surface area contributed by atoms with Crippen molar-refractivity contribution in [3.05, 3.63) is 78.1 Å². The molecule has 0 fully saturated rings. The molecule has 150 valence electrons. The van der Waals surface area contributed by atoms with Crippen molar-refractivity contribution in [2.24, 2.45) is 0 Å². The van der Waals surface area contributed by atoms with Gasteiger partial charge in [-0.1, -0.05) is 43.3 Å². The predicted molar refractivity (Wildman–Crippen MR) is 117 cm³/mol. The van der Waals surface area contributed by atoms with E-state index in [1.165, 1.54) is 11.1 Å². The summed E-state index contributed by atoms with van der Waals surface area (Å²) in [6, 6.07) is 18.9. The monoisotopic (exact) mass is 389 g/mol. The summed E-state index contributed by atoms with van der Waals surface area (Å²) in [6.07, 6.45) is 3.71. The molecule has 0 radical (unpaired) electrons. The van der Waals surface area contributed by atoms with Gasteiger partial charge in [0.1, 0.15) is 5.82 Å². The summed E-state index contributed by atoms with van der Waals surface area (Å²) < 4.78 is 5.17. The summed E-state index contributed by atoms with van der Waals surface area (Å²) in [5.41, 5.74) is 3.49. The van der Waals surface area contributed by atoms with Crippen LogP contribution in [0.3, 0.4) is 0 Å². The van der Waals surface area contributed by atoms with E-state index in [0.29, 0.717) is 11.8 Å². The fraction of sp³-hybridized carbons (Fsp3) is 0.304. The molecule has 0 unspecified atom stereocenters. The van der Waals surface area contributed by atoms with Crippen molar-refractivity contribution in [3.8, 4) is 5.88 Å². The molecule has 3 N–H and O–H groups in total. The highest BCUT2D eigenvalue weighted by atomic mass is 16.5. The minimum Gasteiger partial charge on any atom is -0.481 e. The van der Waals surface area contributed by atoms with Crippen molar-refractivity contribution in [1.82, 2.24) is 15.3 Å². The Morgan fingerprint density at radius 2 is 1.93 bits per heavy atom. The van der Waals surface area contributed by atoms with E-state index >= 15 is 0 Å². The molecule has 0 aliphatic carbocycles. The lowest BCUT2D eigenvalue weighted by molar-refractivity contribution is 0.397. The summed E-state index contributed by atoms with van der Waals surface area (Å²) in [5, 5.41) is 10.9. The largest absolute Gasteiger partial charge is 0.481 e. The van der Waals surface area contributed by atoms with Crippen LogP contribution in [0.1, 0.15) is 30.0 Å². The number of rotatable bonds is 7. The molecule has 3 heterocycles. The highest BCUT2D eigenvalue weighted by Gasteiger charge is 2.27. The molecule has 1 aliphatic heterocycles. The second-order valence-corrected chi connectivity index (χ2v) is 7.36. The van der Waals surface area contributed by atoms with Crippen LogP contribution in [-0.4, -0.2) is 36.2 Å². The first kappa shape index (κ1) is 19.2. The maximum absolute atomic E-state index is 5.17. The molecule has 0 saturated heterocycles. The average molecular weight is 390 g/mol. The molecule has 0 spiro atoms. The van der Waals surface area contributed by atoms with Crippen molar-refractivity contribution < 1.29 is 4.74 Å². The predicted octanol–water partition coefficient (Wildman–Crippen LogP) is 3.83. The lowest BCUT2D eigenvalue weighted by Gasteiger charge is -2.35. The lowest BCUT2D eigenvalue weighted by atomic mass is 9.96. The van der Waals surface area contributed by atoms with E-state index in [4.69, 9.17) is 4.74 Å². The Labute approximate surface area is 171 Å². The van der Waals surface area contributed by atoms with Gasteiger partial charge in [-0.2, -0.15) is 0 Å². The molecular weight excluding hydrogens is 362 g/mol. The summed E-state index contributed by atoms with van der Waals surface area (Å²) in [7, 11) is 1.63. The summed E-state index contributed by atoms with van der Waals surface area (Å²) in [6.45, 7) is 3.87. The minimum atomic E-state index is 0.146. The minimum absolute atomic E-state index is 0.146. The molecule has 3 atom stereocenters. The van der Waals surface area contributed by atoms with Crippen molar-refractivity contribution >= 4 is 11.5 Å². The normalized spacial score (nSPS) is 17.4. The Morgan fingerprint density at radius 3 is 2.69 bits per heavy atom. The van der Waals surface area contributed by atoms with E-state index in [1.54, 1.807) is 7.11 Å². The number of methoxy groups -OCH3 is 1. The van der Waals surface area contributed by atoms with Gasteiger partial charge in [-0.25, -0.2) is 9.97 Å². The van der Waals surface area contributed by atoms with E-state index in [2.05, 4.69) is 75.3 Å². The highest BCUT2D eigenvalue weighted by Crippen LogP contribution is 2.29. The average Bonchev–Trinajstić information content (AvgIpc) is 2.79. The maximum atomic E-state index is 5.17. The van der Waals surface area contributed by atoms with Crippen LogP contribution < -0.4 is 20.7 Å². The van der Waals surface area contributed by atoms with Crippen LogP contribution in [-0.2, 0) is 0 Å². The molecule has 3 aromatic rings.